The van der Waals surface area contributed by atoms with Crippen LogP contribution in [0.4, 0.5) is 0 Å². The fourth-order valence-corrected chi connectivity index (χ4v) is 3.12. The number of piperidine rings is 1. The minimum absolute atomic E-state index is 0.621. The first kappa shape index (κ1) is 12.8. The Bertz CT molecular complexity index is 570. The molecule has 102 valence electrons. The van der Waals surface area contributed by atoms with E-state index in [1.165, 1.54) is 30.3 Å². The summed E-state index contributed by atoms with van der Waals surface area (Å²) in [6, 6.07) is 6.34. The summed E-state index contributed by atoms with van der Waals surface area (Å²) in [6.07, 6.45) is 4.71. The Morgan fingerprint density at radius 1 is 1.21 bits per heavy atom. The zero-order valence-electron chi connectivity index (χ0n) is 11.4. The molecule has 0 radical (unpaired) electrons. The summed E-state index contributed by atoms with van der Waals surface area (Å²) < 4.78 is 2.33. The van der Waals surface area contributed by atoms with Crippen molar-refractivity contribution in [1.29, 1.82) is 0 Å². The van der Waals surface area contributed by atoms with Crippen LogP contribution >= 0.6 is 11.6 Å². The second-order valence-corrected chi connectivity index (χ2v) is 5.61. The SMILES string of the molecule is Cc1cccc2nc(CCCl)n(N3CCCCC3)c12. The normalized spacial score (nSPS) is 16.2. The largest absolute Gasteiger partial charge is 0.311 e. The second-order valence-electron chi connectivity index (χ2n) is 5.24. The molecule has 1 aliphatic heterocycles. The highest BCUT2D eigenvalue weighted by Gasteiger charge is 2.19. The Balaban J connectivity index is 2.14. The van der Waals surface area contributed by atoms with Crippen molar-refractivity contribution in [1.82, 2.24) is 9.66 Å². The number of hydrogen-bond acceptors (Lipinski definition) is 2. The lowest BCUT2D eigenvalue weighted by Gasteiger charge is -2.31. The zero-order valence-corrected chi connectivity index (χ0v) is 12.2. The Morgan fingerprint density at radius 3 is 2.74 bits per heavy atom. The molecule has 0 bridgehead atoms. The number of para-hydroxylation sites is 1. The molecule has 1 fully saturated rings. The summed E-state index contributed by atoms with van der Waals surface area (Å²) in [6.45, 7) is 4.40. The summed E-state index contributed by atoms with van der Waals surface area (Å²) in [5.41, 5.74) is 3.63. The number of aromatic nitrogens is 2. The average molecular weight is 278 g/mol. The lowest BCUT2D eigenvalue weighted by molar-refractivity contribution is 0.476. The maximum Gasteiger partial charge on any atom is 0.130 e. The van der Waals surface area contributed by atoms with Crippen LogP contribution in [0.3, 0.4) is 0 Å². The minimum atomic E-state index is 0.621. The van der Waals surface area contributed by atoms with Crippen molar-refractivity contribution in [3.05, 3.63) is 29.6 Å². The first-order valence-corrected chi connectivity index (χ1v) is 7.63. The molecule has 0 spiro atoms. The third-order valence-electron chi connectivity index (χ3n) is 3.86. The number of aryl methyl sites for hydroxylation is 2. The standard InChI is InChI=1S/C15H20ClN3/c1-12-6-5-7-13-15(12)19(14(17-13)8-9-16)18-10-3-2-4-11-18/h5-7H,2-4,8-11H2,1H3. The van der Waals surface area contributed by atoms with Gasteiger partial charge in [-0.25, -0.2) is 9.66 Å². The molecule has 0 unspecified atom stereocenters. The third-order valence-corrected chi connectivity index (χ3v) is 4.04. The number of benzene rings is 1. The Hall–Kier alpha value is -1.22. The van der Waals surface area contributed by atoms with Gasteiger partial charge < -0.3 is 5.01 Å². The third kappa shape index (κ3) is 2.32. The van der Waals surface area contributed by atoms with Gasteiger partial charge in [0.25, 0.3) is 0 Å². The van der Waals surface area contributed by atoms with Gasteiger partial charge in [-0.15, -0.1) is 11.6 Å². The Kier molecular flexibility index (Phi) is 3.65. The highest BCUT2D eigenvalue weighted by Crippen LogP contribution is 2.22. The molecular formula is C15H20ClN3. The molecule has 1 aliphatic rings. The van der Waals surface area contributed by atoms with Crippen molar-refractivity contribution in [2.75, 3.05) is 24.0 Å². The van der Waals surface area contributed by atoms with Gasteiger partial charge in [-0.1, -0.05) is 12.1 Å². The van der Waals surface area contributed by atoms with Crippen LogP contribution in [-0.2, 0) is 6.42 Å². The van der Waals surface area contributed by atoms with E-state index in [1.807, 2.05) is 0 Å². The summed E-state index contributed by atoms with van der Waals surface area (Å²) in [5, 5.41) is 2.44. The molecule has 1 aromatic carbocycles. The van der Waals surface area contributed by atoms with Crippen LogP contribution in [0.5, 0.6) is 0 Å². The number of hydrogen-bond donors (Lipinski definition) is 0. The molecule has 0 amide bonds. The van der Waals surface area contributed by atoms with E-state index in [9.17, 15) is 0 Å². The fourth-order valence-electron chi connectivity index (χ4n) is 2.95. The molecule has 0 saturated carbocycles. The van der Waals surface area contributed by atoms with E-state index in [0.717, 1.165) is 30.9 Å². The lowest BCUT2D eigenvalue weighted by Crippen LogP contribution is -2.40. The molecule has 4 heteroatoms. The molecular weight excluding hydrogens is 258 g/mol. The zero-order chi connectivity index (χ0) is 13.2. The van der Waals surface area contributed by atoms with Crippen molar-refractivity contribution in [2.45, 2.75) is 32.6 Å². The van der Waals surface area contributed by atoms with Crippen LogP contribution in [0, 0.1) is 6.92 Å². The number of imidazole rings is 1. The molecule has 0 N–H and O–H groups in total. The number of rotatable bonds is 3. The minimum Gasteiger partial charge on any atom is -0.311 e. The summed E-state index contributed by atoms with van der Waals surface area (Å²) in [5.74, 6) is 1.72. The van der Waals surface area contributed by atoms with Crippen molar-refractivity contribution in [2.24, 2.45) is 0 Å². The van der Waals surface area contributed by atoms with Gasteiger partial charge in [-0.05, 0) is 37.8 Å². The van der Waals surface area contributed by atoms with Crippen LogP contribution in [0.25, 0.3) is 11.0 Å². The Labute approximate surface area is 119 Å². The average Bonchev–Trinajstić information content (AvgIpc) is 2.80. The topological polar surface area (TPSA) is 21.1 Å². The molecule has 1 saturated heterocycles. The molecule has 2 aromatic rings. The van der Waals surface area contributed by atoms with Crippen LogP contribution < -0.4 is 5.01 Å². The summed E-state index contributed by atoms with van der Waals surface area (Å²) in [4.78, 5) is 4.78. The van der Waals surface area contributed by atoms with Crippen LogP contribution in [-0.4, -0.2) is 28.6 Å². The van der Waals surface area contributed by atoms with Crippen LogP contribution in [0.15, 0.2) is 18.2 Å². The predicted molar refractivity (Wildman–Crippen MR) is 80.7 cm³/mol. The monoisotopic (exact) mass is 277 g/mol. The van der Waals surface area contributed by atoms with E-state index in [4.69, 9.17) is 16.6 Å². The highest BCUT2D eigenvalue weighted by molar-refractivity contribution is 6.17. The van der Waals surface area contributed by atoms with Crippen molar-refractivity contribution in [3.8, 4) is 0 Å². The number of nitrogens with zero attached hydrogens (tertiary/aromatic N) is 3. The van der Waals surface area contributed by atoms with Gasteiger partial charge in [-0.2, -0.15) is 0 Å². The summed E-state index contributed by atoms with van der Waals surface area (Å²) in [7, 11) is 0. The van der Waals surface area contributed by atoms with Gasteiger partial charge in [-0.3, -0.25) is 0 Å². The van der Waals surface area contributed by atoms with E-state index in [1.54, 1.807) is 0 Å². The molecule has 3 nitrogen and oxygen atoms in total. The van der Waals surface area contributed by atoms with Crippen LogP contribution in [0.2, 0.25) is 0 Å². The smallest absolute Gasteiger partial charge is 0.130 e. The van der Waals surface area contributed by atoms with Crippen LogP contribution in [0.1, 0.15) is 30.7 Å². The quantitative estimate of drug-likeness (QED) is 0.803. The van der Waals surface area contributed by atoms with Crippen molar-refractivity contribution < 1.29 is 0 Å². The molecule has 3 rings (SSSR count). The molecule has 0 atom stereocenters. The maximum atomic E-state index is 5.94. The maximum absolute atomic E-state index is 5.94. The van der Waals surface area contributed by atoms with Gasteiger partial charge in [0, 0.05) is 25.4 Å². The number of fused-ring (bicyclic) bond motifs is 1. The first-order chi connectivity index (χ1) is 9.31. The van der Waals surface area contributed by atoms with Gasteiger partial charge >= 0.3 is 0 Å². The van der Waals surface area contributed by atoms with E-state index >= 15 is 0 Å². The first-order valence-electron chi connectivity index (χ1n) is 7.09. The molecule has 19 heavy (non-hydrogen) atoms. The van der Waals surface area contributed by atoms with Crippen molar-refractivity contribution in [3.63, 3.8) is 0 Å². The lowest BCUT2D eigenvalue weighted by atomic mass is 10.1. The second kappa shape index (κ2) is 5.41. The predicted octanol–water partition coefficient (Wildman–Crippen LogP) is 3.25. The Morgan fingerprint density at radius 2 is 2.00 bits per heavy atom. The summed E-state index contributed by atoms with van der Waals surface area (Å²) >= 11 is 5.94. The molecule has 2 heterocycles. The van der Waals surface area contributed by atoms with Gasteiger partial charge in [0.15, 0.2) is 0 Å². The number of alkyl halides is 1. The van der Waals surface area contributed by atoms with E-state index in [0.29, 0.717) is 5.88 Å². The molecule has 0 aliphatic carbocycles. The van der Waals surface area contributed by atoms with Crippen molar-refractivity contribution >= 4 is 22.6 Å². The van der Waals surface area contributed by atoms with E-state index in [2.05, 4.69) is 34.8 Å². The molecule has 1 aromatic heterocycles. The highest BCUT2D eigenvalue weighted by atomic mass is 35.5. The van der Waals surface area contributed by atoms with Gasteiger partial charge in [0.05, 0.1) is 11.0 Å². The van der Waals surface area contributed by atoms with E-state index < -0.39 is 0 Å². The number of halogens is 1. The van der Waals surface area contributed by atoms with E-state index in [-0.39, 0.29) is 0 Å². The fraction of sp³-hybridized carbons (Fsp3) is 0.533. The van der Waals surface area contributed by atoms with Gasteiger partial charge in [0.1, 0.15) is 5.82 Å². The van der Waals surface area contributed by atoms with Gasteiger partial charge in [0.2, 0.25) is 0 Å².